The largest absolute Gasteiger partial charge is 0.326 e. The molecule has 5 nitrogen and oxygen atoms in total. The van der Waals surface area contributed by atoms with Crippen molar-refractivity contribution < 1.29 is 9.18 Å². The zero-order valence-corrected chi connectivity index (χ0v) is 15.4. The number of aromatic nitrogens is 3. The Bertz CT molecular complexity index is 1140. The molecule has 0 aliphatic carbocycles. The third-order valence-corrected chi connectivity index (χ3v) is 4.53. The molecule has 0 aliphatic heterocycles. The van der Waals surface area contributed by atoms with E-state index in [0.717, 1.165) is 22.7 Å². The number of pyridine rings is 1. The van der Waals surface area contributed by atoms with Gasteiger partial charge in [0, 0.05) is 30.4 Å². The summed E-state index contributed by atoms with van der Waals surface area (Å²) in [6.45, 7) is 1.68. The van der Waals surface area contributed by atoms with Crippen molar-refractivity contribution in [2.75, 3.05) is 5.32 Å². The van der Waals surface area contributed by atoms with Gasteiger partial charge in [-0.3, -0.25) is 9.36 Å². The third kappa shape index (κ3) is 3.62. The molecule has 0 fully saturated rings. The summed E-state index contributed by atoms with van der Waals surface area (Å²) in [5.74, 6) is 0.225. The van der Waals surface area contributed by atoms with Gasteiger partial charge >= 0.3 is 0 Å². The highest BCUT2D eigenvalue weighted by atomic mass is 19.1. The normalized spacial score (nSPS) is 10.9. The molecule has 2 aromatic heterocycles. The van der Waals surface area contributed by atoms with Crippen LogP contribution in [0.1, 0.15) is 17.8 Å². The number of benzene rings is 2. The molecule has 6 heteroatoms. The molecule has 28 heavy (non-hydrogen) atoms. The fraction of sp³-hybridized carbons (Fsp3) is 0.136. The van der Waals surface area contributed by atoms with Gasteiger partial charge in [-0.05, 0) is 48.9 Å². The Morgan fingerprint density at radius 2 is 1.93 bits per heavy atom. The lowest BCUT2D eigenvalue weighted by Gasteiger charge is -2.09. The standard InChI is InChI=1S/C22H19FN4O/c1-15-9-10-16(14-18(15)23)25-21(28)12-11-20-26-19-8-5-13-24-22(19)27(20)17-6-3-2-4-7-17/h2-10,13-14H,11-12H2,1H3,(H,25,28). The summed E-state index contributed by atoms with van der Waals surface area (Å²) < 4.78 is 15.6. The van der Waals surface area contributed by atoms with Crippen LogP contribution in [0.5, 0.6) is 0 Å². The van der Waals surface area contributed by atoms with E-state index in [2.05, 4.69) is 15.3 Å². The van der Waals surface area contributed by atoms with E-state index in [1.54, 1.807) is 25.3 Å². The molecule has 0 bridgehead atoms. The maximum absolute atomic E-state index is 13.7. The molecule has 1 amide bonds. The summed E-state index contributed by atoms with van der Waals surface area (Å²) >= 11 is 0. The number of aryl methyl sites for hydroxylation is 2. The van der Waals surface area contributed by atoms with Gasteiger partial charge in [-0.1, -0.05) is 24.3 Å². The Kier molecular flexibility index (Phi) is 4.85. The number of hydrogen-bond donors (Lipinski definition) is 1. The molecule has 0 atom stereocenters. The minimum absolute atomic E-state index is 0.192. The van der Waals surface area contributed by atoms with Gasteiger partial charge in [0.2, 0.25) is 5.91 Å². The van der Waals surface area contributed by atoms with Crippen molar-refractivity contribution in [3.8, 4) is 5.69 Å². The predicted molar refractivity (Wildman–Crippen MR) is 107 cm³/mol. The van der Waals surface area contributed by atoms with Crippen LogP contribution in [0.15, 0.2) is 66.9 Å². The molecule has 0 spiro atoms. The summed E-state index contributed by atoms with van der Waals surface area (Å²) in [6, 6.07) is 18.2. The molecule has 0 unspecified atom stereocenters. The average Bonchev–Trinajstić information content (AvgIpc) is 3.08. The first-order valence-corrected chi connectivity index (χ1v) is 9.05. The number of carbonyl (C=O) groups excluding carboxylic acids is 1. The molecule has 0 radical (unpaired) electrons. The van der Waals surface area contributed by atoms with Gasteiger partial charge in [-0.15, -0.1) is 0 Å². The van der Waals surface area contributed by atoms with Crippen LogP contribution in [0, 0.1) is 12.7 Å². The van der Waals surface area contributed by atoms with Gasteiger partial charge in [0.15, 0.2) is 5.65 Å². The minimum Gasteiger partial charge on any atom is -0.326 e. The van der Waals surface area contributed by atoms with Crippen molar-refractivity contribution in [2.45, 2.75) is 19.8 Å². The lowest BCUT2D eigenvalue weighted by molar-refractivity contribution is -0.116. The molecular formula is C22H19FN4O. The quantitative estimate of drug-likeness (QED) is 0.562. The van der Waals surface area contributed by atoms with E-state index in [9.17, 15) is 9.18 Å². The Morgan fingerprint density at radius 1 is 1.11 bits per heavy atom. The van der Waals surface area contributed by atoms with E-state index in [1.807, 2.05) is 47.0 Å². The van der Waals surface area contributed by atoms with E-state index in [1.165, 1.54) is 6.07 Å². The number of fused-ring (bicyclic) bond motifs is 1. The van der Waals surface area contributed by atoms with Crippen LogP contribution in [0.25, 0.3) is 16.9 Å². The second-order valence-corrected chi connectivity index (χ2v) is 6.56. The summed E-state index contributed by atoms with van der Waals surface area (Å²) in [4.78, 5) is 21.5. The lowest BCUT2D eigenvalue weighted by atomic mass is 10.2. The number of anilines is 1. The van der Waals surface area contributed by atoms with Crippen molar-refractivity contribution in [2.24, 2.45) is 0 Å². The number of hydrogen-bond acceptors (Lipinski definition) is 3. The maximum atomic E-state index is 13.7. The number of para-hydroxylation sites is 1. The topological polar surface area (TPSA) is 59.8 Å². The predicted octanol–water partition coefficient (Wildman–Crippen LogP) is 4.44. The zero-order valence-electron chi connectivity index (χ0n) is 15.4. The summed E-state index contributed by atoms with van der Waals surface area (Å²) in [5, 5.41) is 2.74. The Balaban J connectivity index is 1.56. The first-order valence-electron chi connectivity index (χ1n) is 9.05. The Labute approximate surface area is 161 Å². The Hall–Kier alpha value is -3.54. The molecule has 2 aromatic carbocycles. The number of imidazole rings is 1. The number of carbonyl (C=O) groups is 1. The molecule has 2 heterocycles. The first kappa shape index (κ1) is 17.9. The molecule has 0 saturated carbocycles. The van der Waals surface area contributed by atoms with Crippen molar-refractivity contribution in [3.63, 3.8) is 0 Å². The summed E-state index contributed by atoms with van der Waals surface area (Å²) in [5.41, 5.74) is 3.47. The van der Waals surface area contributed by atoms with E-state index in [4.69, 9.17) is 0 Å². The Morgan fingerprint density at radius 3 is 2.71 bits per heavy atom. The highest BCUT2D eigenvalue weighted by molar-refractivity contribution is 5.90. The lowest BCUT2D eigenvalue weighted by Crippen LogP contribution is -2.14. The highest BCUT2D eigenvalue weighted by Crippen LogP contribution is 2.21. The highest BCUT2D eigenvalue weighted by Gasteiger charge is 2.14. The maximum Gasteiger partial charge on any atom is 0.224 e. The fourth-order valence-corrected chi connectivity index (χ4v) is 3.09. The third-order valence-electron chi connectivity index (χ3n) is 4.53. The molecule has 4 rings (SSSR count). The molecule has 0 aliphatic rings. The number of halogens is 1. The van der Waals surface area contributed by atoms with Crippen LogP contribution in [-0.2, 0) is 11.2 Å². The zero-order chi connectivity index (χ0) is 19.5. The molecule has 140 valence electrons. The van der Waals surface area contributed by atoms with Gasteiger partial charge in [0.1, 0.15) is 17.2 Å². The molecular weight excluding hydrogens is 355 g/mol. The summed E-state index contributed by atoms with van der Waals surface area (Å²) in [7, 11) is 0. The molecule has 4 aromatic rings. The monoisotopic (exact) mass is 374 g/mol. The van der Waals surface area contributed by atoms with E-state index < -0.39 is 0 Å². The number of nitrogens with zero attached hydrogens (tertiary/aromatic N) is 3. The van der Waals surface area contributed by atoms with Crippen LogP contribution in [-0.4, -0.2) is 20.4 Å². The second-order valence-electron chi connectivity index (χ2n) is 6.56. The van der Waals surface area contributed by atoms with Crippen LogP contribution in [0.3, 0.4) is 0 Å². The van der Waals surface area contributed by atoms with Gasteiger partial charge < -0.3 is 5.32 Å². The summed E-state index contributed by atoms with van der Waals surface area (Å²) in [6.07, 6.45) is 2.39. The smallest absolute Gasteiger partial charge is 0.224 e. The number of rotatable bonds is 5. The van der Waals surface area contributed by atoms with Crippen LogP contribution in [0.4, 0.5) is 10.1 Å². The fourth-order valence-electron chi connectivity index (χ4n) is 3.09. The van der Waals surface area contributed by atoms with Gasteiger partial charge in [0.05, 0.1) is 0 Å². The average molecular weight is 374 g/mol. The van der Waals surface area contributed by atoms with Crippen molar-refractivity contribution in [3.05, 3.63) is 84.1 Å². The SMILES string of the molecule is Cc1ccc(NC(=O)CCc2nc3cccnc3n2-c2ccccc2)cc1F. The van der Waals surface area contributed by atoms with Crippen LogP contribution in [0.2, 0.25) is 0 Å². The van der Waals surface area contributed by atoms with Crippen molar-refractivity contribution >= 4 is 22.8 Å². The van der Waals surface area contributed by atoms with Crippen molar-refractivity contribution in [1.29, 1.82) is 0 Å². The van der Waals surface area contributed by atoms with Gasteiger partial charge in [-0.25, -0.2) is 14.4 Å². The minimum atomic E-state index is -0.338. The first-order chi connectivity index (χ1) is 13.6. The van der Waals surface area contributed by atoms with Crippen molar-refractivity contribution in [1.82, 2.24) is 14.5 Å². The van der Waals surface area contributed by atoms with E-state index in [0.29, 0.717) is 17.7 Å². The van der Waals surface area contributed by atoms with Crippen LogP contribution >= 0.6 is 0 Å². The van der Waals surface area contributed by atoms with Gasteiger partial charge in [-0.2, -0.15) is 0 Å². The van der Waals surface area contributed by atoms with E-state index in [-0.39, 0.29) is 18.1 Å². The molecule has 1 N–H and O–H groups in total. The number of amides is 1. The van der Waals surface area contributed by atoms with Gasteiger partial charge in [0.25, 0.3) is 0 Å². The second kappa shape index (κ2) is 7.60. The van der Waals surface area contributed by atoms with Crippen LogP contribution < -0.4 is 5.32 Å². The molecule has 0 saturated heterocycles. The number of nitrogens with one attached hydrogen (secondary N) is 1. The van der Waals surface area contributed by atoms with E-state index >= 15 is 0 Å².